The second-order valence-corrected chi connectivity index (χ2v) is 5.62. The summed E-state index contributed by atoms with van der Waals surface area (Å²) < 4.78 is 0. The Morgan fingerprint density at radius 2 is 2.22 bits per heavy atom. The summed E-state index contributed by atoms with van der Waals surface area (Å²) in [6.45, 7) is 4.47. The van der Waals surface area contributed by atoms with Crippen LogP contribution in [0.25, 0.3) is 0 Å². The van der Waals surface area contributed by atoms with Crippen LogP contribution in [0.1, 0.15) is 43.6 Å². The van der Waals surface area contributed by atoms with Gasteiger partial charge in [-0.25, -0.2) is 4.98 Å². The molecule has 0 aromatic carbocycles. The lowest BCUT2D eigenvalue weighted by atomic mass is 9.92. The van der Waals surface area contributed by atoms with Crippen LogP contribution in [-0.4, -0.2) is 29.0 Å². The van der Waals surface area contributed by atoms with Crippen molar-refractivity contribution >= 4 is 11.7 Å². The number of hydrogen-bond acceptors (Lipinski definition) is 4. The normalized spacial score (nSPS) is 21.6. The van der Waals surface area contributed by atoms with Gasteiger partial charge in [0, 0.05) is 13.1 Å². The Morgan fingerprint density at radius 1 is 1.44 bits per heavy atom. The zero-order valence-electron chi connectivity index (χ0n) is 11.2. The van der Waals surface area contributed by atoms with Crippen LogP contribution in [0.3, 0.4) is 0 Å². The Morgan fingerprint density at radius 3 is 2.83 bits per heavy atom. The largest absolute Gasteiger partial charge is 0.372 e. The van der Waals surface area contributed by atoms with Gasteiger partial charge in [0.05, 0.1) is 12.4 Å². The molecule has 1 aromatic rings. The lowest BCUT2D eigenvalue weighted by molar-refractivity contribution is 0.0930. The summed E-state index contributed by atoms with van der Waals surface area (Å²) in [6.07, 6.45) is 6.31. The van der Waals surface area contributed by atoms with Crippen molar-refractivity contribution in [2.75, 3.05) is 12.4 Å². The zero-order valence-corrected chi connectivity index (χ0v) is 11.2. The number of hydrogen-bond donors (Lipinski definition) is 2. The average molecular weight is 248 g/mol. The van der Waals surface area contributed by atoms with Crippen LogP contribution < -0.4 is 10.6 Å². The van der Waals surface area contributed by atoms with E-state index in [1.165, 1.54) is 6.20 Å². The van der Waals surface area contributed by atoms with Gasteiger partial charge in [-0.3, -0.25) is 9.78 Å². The van der Waals surface area contributed by atoms with Gasteiger partial charge in [-0.1, -0.05) is 13.8 Å². The zero-order chi connectivity index (χ0) is 13.2. The highest BCUT2D eigenvalue weighted by molar-refractivity contribution is 5.92. The highest BCUT2D eigenvalue weighted by Gasteiger charge is 2.31. The maximum Gasteiger partial charge on any atom is 0.271 e. The molecule has 1 atom stereocenters. The van der Waals surface area contributed by atoms with Crippen LogP contribution in [0.4, 0.5) is 5.82 Å². The number of carbonyl (C=O) groups is 1. The van der Waals surface area contributed by atoms with E-state index in [9.17, 15) is 4.79 Å². The summed E-state index contributed by atoms with van der Waals surface area (Å²) in [4.78, 5) is 20.2. The summed E-state index contributed by atoms with van der Waals surface area (Å²) in [6, 6.07) is 0.257. The first-order chi connectivity index (χ1) is 8.50. The first-order valence-electron chi connectivity index (χ1n) is 6.31. The van der Waals surface area contributed by atoms with Crippen molar-refractivity contribution in [3.8, 4) is 0 Å². The highest BCUT2D eigenvalue weighted by atomic mass is 16.1. The molecule has 0 aliphatic heterocycles. The average Bonchev–Trinajstić information content (AvgIpc) is 2.68. The molecule has 0 spiro atoms. The molecule has 1 fully saturated rings. The first-order valence-corrected chi connectivity index (χ1v) is 6.31. The minimum absolute atomic E-state index is 0.137. The van der Waals surface area contributed by atoms with Gasteiger partial charge < -0.3 is 10.6 Å². The molecule has 5 nitrogen and oxygen atoms in total. The number of carbonyl (C=O) groups excluding carboxylic acids is 1. The van der Waals surface area contributed by atoms with Crippen molar-refractivity contribution in [3.63, 3.8) is 0 Å². The molecule has 0 radical (unpaired) electrons. The molecule has 98 valence electrons. The Labute approximate surface area is 107 Å². The molecule has 1 aliphatic rings. The van der Waals surface area contributed by atoms with E-state index in [4.69, 9.17) is 0 Å². The fourth-order valence-corrected chi connectivity index (χ4v) is 2.41. The van der Waals surface area contributed by atoms with Crippen LogP contribution in [-0.2, 0) is 0 Å². The predicted molar refractivity (Wildman–Crippen MR) is 70.5 cm³/mol. The lowest BCUT2D eigenvalue weighted by Crippen LogP contribution is -2.34. The summed E-state index contributed by atoms with van der Waals surface area (Å²) in [5, 5.41) is 5.91. The quantitative estimate of drug-likeness (QED) is 0.856. The number of aromatic nitrogens is 2. The summed E-state index contributed by atoms with van der Waals surface area (Å²) in [5.41, 5.74) is 0.697. The number of amides is 1. The fraction of sp³-hybridized carbons (Fsp3) is 0.615. The van der Waals surface area contributed by atoms with Gasteiger partial charge >= 0.3 is 0 Å². The molecule has 1 amide bonds. The summed E-state index contributed by atoms with van der Waals surface area (Å²) >= 11 is 0. The summed E-state index contributed by atoms with van der Waals surface area (Å²) in [7, 11) is 1.76. The topological polar surface area (TPSA) is 66.9 Å². The van der Waals surface area contributed by atoms with E-state index in [1.807, 2.05) is 0 Å². The molecule has 0 saturated heterocycles. The molecule has 18 heavy (non-hydrogen) atoms. The third-order valence-corrected chi connectivity index (χ3v) is 3.43. The maximum atomic E-state index is 12.0. The van der Waals surface area contributed by atoms with Gasteiger partial charge in [-0.15, -0.1) is 0 Å². The van der Waals surface area contributed by atoms with Crippen molar-refractivity contribution in [1.82, 2.24) is 15.3 Å². The number of anilines is 1. The minimum Gasteiger partial charge on any atom is -0.372 e. The standard InChI is InChI=1S/C13H20N4O/c1-13(2)5-4-9(6-13)16-12(18)10-7-15-8-11(14-3)17-10/h7-9H,4-6H2,1-3H3,(H,14,17)(H,16,18). The van der Waals surface area contributed by atoms with Gasteiger partial charge in [-0.2, -0.15) is 0 Å². The number of nitrogens with one attached hydrogen (secondary N) is 2. The molecule has 1 unspecified atom stereocenters. The van der Waals surface area contributed by atoms with Crippen LogP contribution in [0, 0.1) is 5.41 Å². The second-order valence-electron chi connectivity index (χ2n) is 5.62. The van der Waals surface area contributed by atoms with Gasteiger partial charge in [0.15, 0.2) is 0 Å². The van der Waals surface area contributed by atoms with Crippen LogP contribution in [0.5, 0.6) is 0 Å². The van der Waals surface area contributed by atoms with E-state index >= 15 is 0 Å². The van der Waals surface area contributed by atoms with Gasteiger partial charge in [0.1, 0.15) is 11.5 Å². The van der Waals surface area contributed by atoms with Crippen molar-refractivity contribution in [3.05, 3.63) is 18.1 Å². The SMILES string of the molecule is CNc1cncc(C(=O)NC2CCC(C)(C)C2)n1. The lowest BCUT2D eigenvalue weighted by Gasteiger charge is -2.17. The molecule has 2 rings (SSSR count). The first kappa shape index (κ1) is 12.8. The van der Waals surface area contributed by atoms with E-state index in [0.717, 1.165) is 19.3 Å². The molecule has 1 heterocycles. The van der Waals surface area contributed by atoms with Gasteiger partial charge in [0.25, 0.3) is 5.91 Å². The van der Waals surface area contributed by atoms with Crippen LogP contribution in [0.15, 0.2) is 12.4 Å². The minimum atomic E-state index is -0.137. The molecule has 1 aliphatic carbocycles. The van der Waals surface area contributed by atoms with Crippen molar-refractivity contribution in [1.29, 1.82) is 0 Å². The Hall–Kier alpha value is -1.65. The van der Waals surface area contributed by atoms with Crippen molar-refractivity contribution in [2.24, 2.45) is 5.41 Å². The summed E-state index contributed by atoms with van der Waals surface area (Å²) in [5.74, 6) is 0.469. The van der Waals surface area contributed by atoms with Crippen LogP contribution in [0.2, 0.25) is 0 Å². The molecule has 0 bridgehead atoms. The smallest absolute Gasteiger partial charge is 0.271 e. The third-order valence-electron chi connectivity index (χ3n) is 3.43. The molecule has 5 heteroatoms. The molecule has 1 aromatic heterocycles. The Kier molecular flexibility index (Phi) is 3.50. The van der Waals surface area contributed by atoms with Gasteiger partial charge in [-0.05, 0) is 24.7 Å². The predicted octanol–water partition coefficient (Wildman–Crippen LogP) is 1.83. The maximum absolute atomic E-state index is 12.0. The van der Waals surface area contributed by atoms with Crippen molar-refractivity contribution < 1.29 is 4.79 Å². The molecular formula is C13H20N4O. The molecule has 1 saturated carbocycles. The van der Waals surface area contributed by atoms with Crippen molar-refractivity contribution in [2.45, 2.75) is 39.2 Å². The second kappa shape index (κ2) is 4.92. The highest BCUT2D eigenvalue weighted by Crippen LogP contribution is 2.36. The number of nitrogens with zero attached hydrogens (tertiary/aromatic N) is 2. The fourth-order valence-electron chi connectivity index (χ4n) is 2.41. The van der Waals surface area contributed by atoms with Crippen LogP contribution >= 0.6 is 0 Å². The Bertz CT molecular complexity index is 444. The monoisotopic (exact) mass is 248 g/mol. The van der Waals surface area contributed by atoms with E-state index in [-0.39, 0.29) is 11.9 Å². The third kappa shape index (κ3) is 2.97. The van der Waals surface area contributed by atoms with Gasteiger partial charge in [0.2, 0.25) is 0 Å². The molecular weight excluding hydrogens is 228 g/mol. The van der Waals surface area contributed by atoms with E-state index in [0.29, 0.717) is 16.9 Å². The van der Waals surface area contributed by atoms with E-state index < -0.39 is 0 Å². The Balaban J connectivity index is 1.99. The number of rotatable bonds is 3. The van der Waals surface area contributed by atoms with E-state index in [2.05, 4.69) is 34.4 Å². The molecule has 2 N–H and O–H groups in total. The van der Waals surface area contributed by atoms with E-state index in [1.54, 1.807) is 13.2 Å².